The highest BCUT2D eigenvalue weighted by Gasteiger charge is 2.41. The minimum atomic E-state index is -0.682. The Labute approximate surface area is 158 Å². The number of benzene rings is 2. The van der Waals surface area contributed by atoms with Crippen LogP contribution in [0.2, 0.25) is 0 Å². The van der Waals surface area contributed by atoms with Crippen LogP contribution in [0.4, 0.5) is 4.79 Å². The predicted octanol–water partition coefficient (Wildman–Crippen LogP) is 3.94. The monoisotopic (exact) mass is 363 g/mol. The molecule has 1 fully saturated rings. The van der Waals surface area contributed by atoms with Crippen molar-refractivity contribution in [3.63, 3.8) is 0 Å². The molecule has 0 radical (unpaired) electrons. The zero-order valence-corrected chi connectivity index (χ0v) is 15.1. The van der Waals surface area contributed by atoms with Gasteiger partial charge in [-0.3, -0.25) is 4.90 Å². The maximum Gasteiger partial charge on any atom is 0.413 e. The second-order valence-electron chi connectivity index (χ2n) is 6.91. The number of amides is 1. The molecule has 5 heteroatoms. The molecule has 138 valence electrons. The molecular weight excluding hydrogens is 342 g/mol. The SMILES string of the molecule is C=C[C@H](C)[C@H]1C(=O)OCN1C(=O)OCC1c2ccccc2-c2ccccc21. The Hall–Kier alpha value is -3.08. The number of rotatable bonds is 4. The normalized spacial score (nSPS) is 19.2. The van der Waals surface area contributed by atoms with Gasteiger partial charge in [0.1, 0.15) is 12.6 Å². The molecule has 1 aliphatic heterocycles. The number of hydrogen-bond acceptors (Lipinski definition) is 4. The molecule has 2 atom stereocenters. The third kappa shape index (κ3) is 2.89. The van der Waals surface area contributed by atoms with E-state index in [0.717, 1.165) is 11.1 Å². The van der Waals surface area contributed by atoms with Gasteiger partial charge in [-0.2, -0.15) is 0 Å². The van der Waals surface area contributed by atoms with E-state index in [-0.39, 0.29) is 25.2 Å². The van der Waals surface area contributed by atoms with Gasteiger partial charge in [0, 0.05) is 11.8 Å². The molecule has 0 saturated carbocycles. The molecule has 0 bridgehead atoms. The van der Waals surface area contributed by atoms with Crippen molar-refractivity contribution in [2.45, 2.75) is 18.9 Å². The molecule has 1 saturated heterocycles. The molecule has 5 nitrogen and oxygen atoms in total. The van der Waals surface area contributed by atoms with E-state index in [1.54, 1.807) is 6.08 Å². The molecule has 0 unspecified atom stereocenters. The van der Waals surface area contributed by atoms with Gasteiger partial charge in [-0.25, -0.2) is 9.59 Å². The lowest BCUT2D eigenvalue weighted by atomic mass is 9.98. The van der Waals surface area contributed by atoms with Crippen LogP contribution in [-0.2, 0) is 14.3 Å². The largest absolute Gasteiger partial charge is 0.448 e. The zero-order valence-electron chi connectivity index (χ0n) is 15.1. The Kier molecular flexibility index (Phi) is 4.44. The minimum absolute atomic E-state index is 0.0177. The van der Waals surface area contributed by atoms with Crippen LogP contribution in [0.1, 0.15) is 24.0 Å². The number of nitrogens with zero attached hydrogens (tertiary/aromatic N) is 1. The number of fused-ring (bicyclic) bond motifs is 3. The van der Waals surface area contributed by atoms with E-state index in [2.05, 4.69) is 30.8 Å². The highest BCUT2D eigenvalue weighted by molar-refractivity contribution is 5.84. The van der Waals surface area contributed by atoms with E-state index in [9.17, 15) is 9.59 Å². The van der Waals surface area contributed by atoms with E-state index in [4.69, 9.17) is 9.47 Å². The summed E-state index contributed by atoms with van der Waals surface area (Å²) in [5, 5.41) is 0. The van der Waals surface area contributed by atoms with Gasteiger partial charge in [-0.1, -0.05) is 61.5 Å². The average Bonchev–Trinajstić information content (AvgIpc) is 3.24. The lowest BCUT2D eigenvalue weighted by molar-refractivity contribution is -0.139. The lowest BCUT2D eigenvalue weighted by Gasteiger charge is -2.23. The molecule has 0 N–H and O–H groups in total. The van der Waals surface area contributed by atoms with Gasteiger partial charge in [-0.05, 0) is 22.3 Å². The molecular formula is C22H21NO4. The minimum Gasteiger partial charge on any atom is -0.448 e. The smallest absolute Gasteiger partial charge is 0.413 e. The number of cyclic esters (lactones) is 1. The highest BCUT2D eigenvalue weighted by Crippen LogP contribution is 2.44. The first-order chi connectivity index (χ1) is 13.1. The third-order valence-electron chi connectivity index (χ3n) is 5.36. The Morgan fingerprint density at radius 3 is 2.41 bits per heavy atom. The summed E-state index contributed by atoms with van der Waals surface area (Å²) in [6, 6.07) is 15.6. The van der Waals surface area contributed by atoms with Crippen molar-refractivity contribution in [2.75, 3.05) is 13.3 Å². The molecule has 2 aromatic carbocycles. The first-order valence-corrected chi connectivity index (χ1v) is 9.02. The van der Waals surface area contributed by atoms with Crippen LogP contribution < -0.4 is 0 Å². The van der Waals surface area contributed by atoms with Crippen LogP contribution in [0.3, 0.4) is 0 Å². The predicted molar refractivity (Wildman–Crippen MR) is 101 cm³/mol. The fraction of sp³-hybridized carbons (Fsp3) is 0.273. The quantitative estimate of drug-likeness (QED) is 0.610. The molecule has 0 aromatic heterocycles. The van der Waals surface area contributed by atoms with E-state index in [0.29, 0.717) is 0 Å². The van der Waals surface area contributed by atoms with Gasteiger partial charge in [0.2, 0.25) is 0 Å². The summed E-state index contributed by atoms with van der Waals surface area (Å²) >= 11 is 0. The van der Waals surface area contributed by atoms with E-state index in [1.807, 2.05) is 31.2 Å². The molecule has 0 spiro atoms. The molecule has 1 heterocycles. The molecule has 1 aliphatic carbocycles. The summed E-state index contributed by atoms with van der Waals surface area (Å²) in [6.07, 6.45) is 1.10. The molecule has 27 heavy (non-hydrogen) atoms. The summed E-state index contributed by atoms with van der Waals surface area (Å²) in [7, 11) is 0. The van der Waals surface area contributed by atoms with Crippen molar-refractivity contribution in [2.24, 2.45) is 5.92 Å². The molecule has 2 aliphatic rings. The Morgan fingerprint density at radius 2 is 1.81 bits per heavy atom. The summed E-state index contributed by atoms with van der Waals surface area (Å²) < 4.78 is 10.7. The number of carbonyl (C=O) groups excluding carboxylic acids is 2. The number of hydrogen-bond donors (Lipinski definition) is 0. The van der Waals surface area contributed by atoms with Gasteiger partial charge < -0.3 is 9.47 Å². The van der Waals surface area contributed by atoms with Crippen LogP contribution >= 0.6 is 0 Å². The Balaban J connectivity index is 1.53. The fourth-order valence-electron chi connectivity index (χ4n) is 3.90. The van der Waals surface area contributed by atoms with Gasteiger partial charge >= 0.3 is 12.1 Å². The van der Waals surface area contributed by atoms with Gasteiger partial charge in [0.15, 0.2) is 6.73 Å². The first-order valence-electron chi connectivity index (χ1n) is 9.02. The maximum atomic E-state index is 12.6. The number of esters is 1. The van der Waals surface area contributed by atoms with Crippen LogP contribution in [0.25, 0.3) is 11.1 Å². The summed E-state index contributed by atoms with van der Waals surface area (Å²) in [4.78, 5) is 25.9. The second kappa shape index (κ2) is 6.91. The van der Waals surface area contributed by atoms with Crippen molar-refractivity contribution in [1.82, 2.24) is 4.90 Å². The first kappa shape index (κ1) is 17.3. The summed E-state index contributed by atoms with van der Waals surface area (Å²) in [5.74, 6) is -0.646. The standard InChI is InChI=1S/C22H21NO4/c1-3-14(2)20-21(24)27-13-23(20)22(25)26-12-19-17-10-6-4-8-15(17)16-9-5-7-11-18(16)19/h3-11,14,19-20H,1,12-13H2,2H3/t14-,20-/m0/s1. The summed E-state index contributed by atoms with van der Waals surface area (Å²) in [6.45, 7) is 5.66. The maximum absolute atomic E-state index is 12.6. The number of carbonyl (C=O) groups is 2. The van der Waals surface area contributed by atoms with E-state index < -0.39 is 18.1 Å². The van der Waals surface area contributed by atoms with Crippen molar-refractivity contribution in [1.29, 1.82) is 0 Å². The van der Waals surface area contributed by atoms with Crippen molar-refractivity contribution in [3.8, 4) is 11.1 Å². The van der Waals surface area contributed by atoms with Gasteiger partial charge in [0.05, 0.1) is 0 Å². The van der Waals surface area contributed by atoms with Crippen LogP contribution in [0, 0.1) is 5.92 Å². The van der Waals surface area contributed by atoms with Crippen molar-refractivity contribution >= 4 is 12.1 Å². The summed E-state index contributed by atoms with van der Waals surface area (Å²) in [5.41, 5.74) is 4.64. The van der Waals surface area contributed by atoms with Crippen LogP contribution in [-0.4, -0.2) is 36.3 Å². The molecule has 4 rings (SSSR count). The highest BCUT2D eigenvalue weighted by atomic mass is 16.6. The van der Waals surface area contributed by atoms with E-state index >= 15 is 0 Å². The lowest BCUT2D eigenvalue weighted by Crippen LogP contribution is -2.42. The van der Waals surface area contributed by atoms with Crippen molar-refractivity contribution < 1.29 is 19.1 Å². The van der Waals surface area contributed by atoms with Gasteiger partial charge in [-0.15, -0.1) is 6.58 Å². The average molecular weight is 363 g/mol. The molecule has 2 aromatic rings. The molecule has 1 amide bonds. The topological polar surface area (TPSA) is 55.8 Å². The third-order valence-corrected chi connectivity index (χ3v) is 5.36. The fourth-order valence-corrected chi connectivity index (χ4v) is 3.90. The van der Waals surface area contributed by atoms with Crippen LogP contribution in [0.5, 0.6) is 0 Å². The van der Waals surface area contributed by atoms with Crippen molar-refractivity contribution in [3.05, 3.63) is 72.3 Å². The van der Waals surface area contributed by atoms with Gasteiger partial charge in [0.25, 0.3) is 0 Å². The zero-order chi connectivity index (χ0) is 19.0. The Bertz CT molecular complexity index is 861. The Morgan fingerprint density at radius 1 is 1.22 bits per heavy atom. The number of ether oxygens (including phenoxy) is 2. The second-order valence-corrected chi connectivity index (χ2v) is 6.91. The van der Waals surface area contributed by atoms with E-state index in [1.165, 1.54) is 16.0 Å². The van der Waals surface area contributed by atoms with Crippen LogP contribution in [0.15, 0.2) is 61.2 Å².